The number of carbonyl (C=O) groups excluding carboxylic acids is 1. The van der Waals surface area contributed by atoms with Crippen LogP contribution in [0.25, 0.3) is 11.2 Å². The van der Waals surface area contributed by atoms with Gasteiger partial charge in [0.1, 0.15) is 11.3 Å². The van der Waals surface area contributed by atoms with Gasteiger partial charge in [-0.25, -0.2) is 4.98 Å². The first-order chi connectivity index (χ1) is 16.0. The predicted octanol–water partition coefficient (Wildman–Crippen LogP) is 3.35. The summed E-state index contributed by atoms with van der Waals surface area (Å²) < 4.78 is 5.60. The molecule has 0 radical (unpaired) electrons. The maximum absolute atomic E-state index is 12.6. The van der Waals surface area contributed by atoms with E-state index in [1.165, 1.54) is 25.7 Å². The molecule has 1 saturated carbocycles. The van der Waals surface area contributed by atoms with Gasteiger partial charge >= 0.3 is 0 Å². The Morgan fingerprint density at radius 2 is 1.85 bits per heavy atom. The highest BCUT2D eigenvalue weighted by atomic mass is 35.5. The molecule has 3 aromatic rings. The Morgan fingerprint density at radius 1 is 1.12 bits per heavy atom. The molecule has 0 unspecified atom stereocenters. The zero-order valence-corrected chi connectivity index (χ0v) is 19.7. The van der Waals surface area contributed by atoms with Gasteiger partial charge in [-0.15, -0.1) is 0 Å². The van der Waals surface area contributed by atoms with Gasteiger partial charge in [-0.1, -0.05) is 36.2 Å². The Balaban J connectivity index is 1.22. The van der Waals surface area contributed by atoms with Crippen molar-refractivity contribution < 1.29 is 9.53 Å². The number of halogens is 1. The fourth-order valence-corrected chi connectivity index (χ4v) is 5.57. The second kappa shape index (κ2) is 9.64. The maximum atomic E-state index is 12.6. The molecule has 0 spiro atoms. The second-order valence-corrected chi connectivity index (χ2v) is 10.0. The zero-order valence-electron chi connectivity index (χ0n) is 18.2. The van der Waals surface area contributed by atoms with Crippen molar-refractivity contribution in [3.63, 3.8) is 0 Å². The molecule has 2 aliphatic rings. The maximum Gasteiger partial charge on any atom is 0.260 e. The molecule has 2 fully saturated rings. The van der Waals surface area contributed by atoms with Crippen molar-refractivity contribution in [3.8, 4) is 5.75 Å². The molecule has 174 valence electrons. The van der Waals surface area contributed by atoms with E-state index in [9.17, 15) is 4.79 Å². The van der Waals surface area contributed by atoms with Crippen LogP contribution in [-0.2, 0) is 4.79 Å². The molecule has 3 heterocycles. The first-order valence-electron chi connectivity index (χ1n) is 11.2. The second-order valence-electron chi connectivity index (χ2n) is 8.28. The highest BCUT2D eigenvalue weighted by Crippen LogP contribution is 2.35. The third-order valence-electron chi connectivity index (χ3n) is 6.02. The van der Waals surface area contributed by atoms with Crippen molar-refractivity contribution in [3.05, 3.63) is 29.3 Å². The van der Waals surface area contributed by atoms with E-state index in [1.807, 2.05) is 4.90 Å². The van der Waals surface area contributed by atoms with Crippen molar-refractivity contribution in [2.45, 2.75) is 36.1 Å². The number of nitrogens with one attached hydrogen (secondary N) is 1. The number of nitrogen functional groups attached to an aromatic ring is 1. The van der Waals surface area contributed by atoms with Crippen LogP contribution < -0.4 is 15.4 Å². The quantitative estimate of drug-likeness (QED) is 0.544. The number of fused-ring (bicyclic) bond motifs is 1. The van der Waals surface area contributed by atoms with Crippen LogP contribution in [0.4, 0.5) is 11.8 Å². The minimum atomic E-state index is -0.0475. The van der Waals surface area contributed by atoms with Crippen LogP contribution in [0.2, 0.25) is 5.02 Å². The summed E-state index contributed by atoms with van der Waals surface area (Å²) in [5.41, 5.74) is 7.38. The molecule has 1 aliphatic heterocycles. The highest BCUT2D eigenvalue weighted by molar-refractivity contribution is 7.99. The number of nitrogens with two attached hydrogens (primary N) is 1. The largest absolute Gasteiger partial charge is 0.484 e. The molecule has 33 heavy (non-hydrogen) atoms. The number of hydrogen-bond acceptors (Lipinski definition) is 8. The summed E-state index contributed by atoms with van der Waals surface area (Å²) in [5.74, 6) is 1.52. The van der Waals surface area contributed by atoms with E-state index >= 15 is 0 Å². The van der Waals surface area contributed by atoms with Crippen LogP contribution in [0.5, 0.6) is 5.75 Å². The molecule has 2 aromatic heterocycles. The van der Waals surface area contributed by atoms with Crippen LogP contribution in [0.15, 0.2) is 29.4 Å². The number of benzene rings is 1. The van der Waals surface area contributed by atoms with Gasteiger partial charge in [-0.05, 0) is 37.1 Å². The summed E-state index contributed by atoms with van der Waals surface area (Å²) in [5, 5.41) is 2.10. The normalized spacial score (nSPS) is 17.1. The van der Waals surface area contributed by atoms with E-state index in [2.05, 4.69) is 24.8 Å². The van der Waals surface area contributed by atoms with E-state index < -0.39 is 0 Å². The number of ether oxygens (including phenoxy) is 1. The SMILES string of the molecule is Nc1nc(N2CCN(C(=O)COc3ccc(Cl)cc3)CC2)c2[nH]c(SC3CCCC3)nc2n1. The van der Waals surface area contributed by atoms with Crippen LogP contribution >= 0.6 is 23.4 Å². The number of nitrogens with zero attached hydrogens (tertiary/aromatic N) is 5. The zero-order chi connectivity index (χ0) is 22.8. The molecule has 1 saturated heterocycles. The summed E-state index contributed by atoms with van der Waals surface area (Å²) in [6.45, 7) is 2.43. The Labute approximate surface area is 201 Å². The third-order valence-corrected chi connectivity index (χ3v) is 7.49. The minimum absolute atomic E-state index is 0.00533. The summed E-state index contributed by atoms with van der Waals surface area (Å²) >= 11 is 7.66. The molecule has 11 heteroatoms. The standard InChI is InChI=1S/C22H26ClN7O2S/c23-14-5-7-15(8-6-14)32-13-17(31)29-9-11-30(12-10-29)20-18-19(26-21(24)28-20)27-22(25-18)33-16-3-1-2-4-16/h5-8,16H,1-4,9-13H2,(H3,24,25,26,27,28). The van der Waals surface area contributed by atoms with Crippen LogP contribution in [0, 0.1) is 0 Å². The van der Waals surface area contributed by atoms with Crippen molar-refractivity contribution in [1.29, 1.82) is 0 Å². The first-order valence-corrected chi connectivity index (χ1v) is 12.4. The fraction of sp³-hybridized carbons (Fsp3) is 0.455. The average Bonchev–Trinajstić information content (AvgIpc) is 3.48. The summed E-state index contributed by atoms with van der Waals surface area (Å²) in [6.07, 6.45) is 5.01. The van der Waals surface area contributed by atoms with Crippen LogP contribution in [0.1, 0.15) is 25.7 Å². The smallest absolute Gasteiger partial charge is 0.260 e. The molecule has 1 amide bonds. The Bertz CT molecular complexity index is 1130. The van der Waals surface area contributed by atoms with Gasteiger partial charge < -0.3 is 25.3 Å². The number of thioether (sulfide) groups is 1. The van der Waals surface area contributed by atoms with Gasteiger partial charge in [0.25, 0.3) is 5.91 Å². The number of rotatable bonds is 6. The number of piperazine rings is 1. The lowest BCUT2D eigenvalue weighted by Gasteiger charge is -2.35. The van der Waals surface area contributed by atoms with Gasteiger partial charge in [-0.3, -0.25) is 4.79 Å². The van der Waals surface area contributed by atoms with Gasteiger partial charge in [0, 0.05) is 36.5 Å². The van der Waals surface area contributed by atoms with E-state index in [0.29, 0.717) is 47.8 Å². The molecule has 0 atom stereocenters. The average molecular weight is 488 g/mol. The number of aromatic nitrogens is 4. The highest BCUT2D eigenvalue weighted by Gasteiger charge is 2.26. The van der Waals surface area contributed by atoms with Gasteiger partial charge in [0.2, 0.25) is 5.95 Å². The monoisotopic (exact) mass is 487 g/mol. The van der Waals surface area contributed by atoms with E-state index in [0.717, 1.165) is 16.5 Å². The summed E-state index contributed by atoms with van der Waals surface area (Å²) in [7, 11) is 0. The van der Waals surface area contributed by atoms with Crippen molar-refractivity contribution in [2.75, 3.05) is 43.4 Å². The first kappa shape index (κ1) is 22.1. The summed E-state index contributed by atoms with van der Waals surface area (Å²) in [4.78, 5) is 33.4. The van der Waals surface area contributed by atoms with Gasteiger partial charge in [-0.2, -0.15) is 9.97 Å². The molecule has 5 rings (SSSR count). The third kappa shape index (κ3) is 5.11. The number of carbonyl (C=O) groups is 1. The molecular formula is C22H26ClN7O2S. The number of anilines is 2. The molecule has 3 N–H and O–H groups in total. The van der Waals surface area contributed by atoms with Gasteiger partial charge in [0.15, 0.2) is 23.2 Å². The minimum Gasteiger partial charge on any atom is -0.484 e. The van der Waals surface area contributed by atoms with E-state index in [1.54, 1.807) is 36.0 Å². The number of imidazole rings is 1. The fourth-order valence-electron chi connectivity index (χ4n) is 4.26. The molecule has 0 bridgehead atoms. The number of hydrogen-bond donors (Lipinski definition) is 2. The number of H-pyrrole nitrogens is 1. The topological polar surface area (TPSA) is 113 Å². The number of aromatic amines is 1. The van der Waals surface area contributed by atoms with Gasteiger partial charge in [0.05, 0.1) is 0 Å². The lowest BCUT2D eigenvalue weighted by molar-refractivity contribution is -0.133. The molecule has 1 aromatic carbocycles. The lowest BCUT2D eigenvalue weighted by atomic mass is 10.3. The van der Waals surface area contributed by atoms with E-state index in [4.69, 9.17) is 22.1 Å². The molecule has 9 nitrogen and oxygen atoms in total. The molecular weight excluding hydrogens is 462 g/mol. The van der Waals surface area contributed by atoms with Crippen molar-refractivity contribution in [2.24, 2.45) is 0 Å². The van der Waals surface area contributed by atoms with Crippen LogP contribution in [0.3, 0.4) is 0 Å². The lowest BCUT2D eigenvalue weighted by Crippen LogP contribution is -2.50. The van der Waals surface area contributed by atoms with Crippen LogP contribution in [-0.4, -0.2) is 68.8 Å². The van der Waals surface area contributed by atoms with Crippen molar-refractivity contribution >= 4 is 52.2 Å². The summed E-state index contributed by atoms with van der Waals surface area (Å²) in [6, 6.07) is 6.98. The molecule has 1 aliphatic carbocycles. The number of amides is 1. The Morgan fingerprint density at radius 3 is 2.58 bits per heavy atom. The van der Waals surface area contributed by atoms with Crippen molar-refractivity contribution in [1.82, 2.24) is 24.8 Å². The van der Waals surface area contributed by atoms with E-state index in [-0.39, 0.29) is 18.5 Å². The predicted molar refractivity (Wildman–Crippen MR) is 130 cm³/mol. The Kier molecular flexibility index (Phi) is 6.45. The Hall–Kier alpha value is -2.72.